The molecule has 0 spiro atoms. The molecule has 6 heteroatoms. The molecule has 31 heavy (non-hydrogen) atoms. The summed E-state index contributed by atoms with van der Waals surface area (Å²) in [4.78, 5) is 41.0. The number of likely N-dealkylation sites (tertiary alicyclic amines) is 1. The molecule has 0 saturated carbocycles. The highest BCUT2D eigenvalue weighted by Crippen LogP contribution is 2.23. The number of ether oxygens (including phenoxy) is 1. The normalized spacial score (nSPS) is 13.5. The molecule has 4 rings (SSSR count). The van der Waals surface area contributed by atoms with Crippen LogP contribution in [0.5, 0.6) is 0 Å². The zero-order valence-corrected chi connectivity index (χ0v) is 17.4. The topological polar surface area (TPSA) is 66.9 Å². The van der Waals surface area contributed by atoms with Gasteiger partial charge in [-0.15, -0.1) is 0 Å². The van der Waals surface area contributed by atoms with Crippen molar-refractivity contribution in [2.75, 3.05) is 24.7 Å². The highest BCUT2D eigenvalue weighted by atomic mass is 16.5. The van der Waals surface area contributed by atoms with E-state index in [1.54, 1.807) is 47.1 Å². The molecule has 0 radical (unpaired) electrons. The van der Waals surface area contributed by atoms with Gasteiger partial charge in [0.2, 0.25) is 5.91 Å². The van der Waals surface area contributed by atoms with E-state index in [4.69, 9.17) is 4.74 Å². The van der Waals surface area contributed by atoms with Gasteiger partial charge in [0.05, 0.1) is 12.2 Å². The van der Waals surface area contributed by atoms with Crippen molar-refractivity contribution in [3.05, 3.63) is 77.9 Å². The average molecular weight is 416 g/mol. The molecule has 0 aliphatic carbocycles. The summed E-state index contributed by atoms with van der Waals surface area (Å²) in [5, 5.41) is 2.03. The number of nitrogens with zero attached hydrogens (tertiary/aromatic N) is 2. The number of anilines is 1. The van der Waals surface area contributed by atoms with Crippen molar-refractivity contribution >= 4 is 34.2 Å². The minimum absolute atomic E-state index is 0.0412. The number of hydrogen-bond donors (Lipinski definition) is 0. The first kappa shape index (κ1) is 20.6. The van der Waals surface area contributed by atoms with E-state index in [0.29, 0.717) is 36.4 Å². The van der Waals surface area contributed by atoms with Gasteiger partial charge in [-0.25, -0.2) is 4.79 Å². The molecule has 3 aromatic carbocycles. The van der Waals surface area contributed by atoms with Crippen LogP contribution in [0, 0.1) is 0 Å². The van der Waals surface area contributed by atoms with Crippen molar-refractivity contribution in [2.24, 2.45) is 0 Å². The summed E-state index contributed by atoms with van der Waals surface area (Å²) in [6.07, 6.45) is 1.29. The molecule has 1 heterocycles. The van der Waals surface area contributed by atoms with Crippen molar-refractivity contribution in [2.45, 2.75) is 19.8 Å². The molecule has 6 nitrogen and oxygen atoms in total. The highest BCUT2D eigenvalue weighted by molar-refractivity contribution is 6.08. The van der Waals surface area contributed by atoms with E-state index < -0.39 is 5.97 Å². The largest absolute Gasteiger partial charge is 0.462 e. The Morgan fingerprint density at radius 2 is 1.68 bits per heavy atom. The Morgan fingerprint density at radius 3 is 2.35 bits per heavy atom. The van der Waals surface area contributed by atoms with Crippen LogP contribution in [0.25, 0.3) is 10.8 Å². The van der Waals surface area contributed by atoms with Crippen LogP contribution in [0.15, 0.2) is 66.7 Å². The smallest absolute Gasteiger partial charge is 0.338 e. The zero-order chi connectivity index (χ0) is 21.8. The van der Waals surface area contributed by atoms with Crippen LogP contribution in [-0.4, -0.2) is 42.5 Å². The number of rotatable bonds is 6. The molecule has 0 bridgehead atoms. The predicted octanol–water partition coefficient (Wildman–Crippen LogP) is 4.24. The van der Waals surface area contributed by atoms with Crippen LogP contribution < -0.4 is 4.90 Å². The fourth-order valence-corrected chi connectivity index (χ4v) is 3.76. The maximum atomic E-state index is 13.5. The van der Waals surface area contributed by atoms with Gasteiger partial charge in [-0.2, -0.15) is 0 Å². The highest BCUT2D eigenvalue weighted by Gasteiger charge is 2.26. The SMILES string of the molecule is CCOC(=O)c1ccc(N(CN2CCCC2=O)C(=O)c2ccc3ccccc3c2)cc1. The molecule has 158 valence electrons. The third-order valence-corrected chi connectivity index (χ3v) is 5.42. The first-order chi connectivity index (χ1) is 15.1. The summed E-state index contributed by atoms with van der Waals surface area (Å²) in [6, 6.07) is 20.2. The fraction of sp³-hybridized carbons (Fsp3) is 0.240. The average Bonchev–Trinajstić information content (AvgIpc) is 3.21. The monoisotopic (exact) mass is 416 g/mol. The Hall–Kier alpha value is -3.67. The summed E-state index contributed by atoms with van der Waals surface area (Å²) in [5.74, 6) is -0.565. The molecular weight excluding hydrogens is 392 g/mol. The Labute approximate surface area is 181 Å². The number of esters is 1. The summed E-state index contributed by atoms with van der Waals surface area (Å²) < 4.78 is 5.04. The molecule has 1 aliphatic rings. The third-order valence-electron chi connectivity index (χ3n) is 5.42. The van der Waals surface area contributed by atoms with Gasteiger partial charge in [-0.05, 0) is 60.5 Å². The van der Waals surface area contributed by atoms with Gasteiger partial charge in [0, 0.05) is 24.2 Å². The number of carbonyl (C=O) groups is 3. The molecule has 2 amide bonds. The van der Waals surface area contributed by atoms with Crippen LogP contribution in [0.1, 0.15) is 40.5 Å². The molecule has 3 aromatic rings. The standard InChI is InChI=1S/C25H24N2O4/c1-2-31-25(30)19-11-13-22(14-12-19)27(17-26-15-5-8-23(26)28)24(29)21-10-9-18-6-3-4-7-20(18)16-21/h3-4,6-7,9-14,16H,2,5,8,15,17H2,1H3. The minimum atomic E-state index is -0.406. The third kappa shape index (κ3) is 4.43. The van der Waals surface area contributed by atoms with Gasteiger partial charge in [0.25, 0.3) is 5.91 Å². The van der Waals surface area contributed by atoms with Crippen molar-refractivity contribution < 1.29 is 19.1 Å². The van der Waals surface area contributed by atoms with Gasteiger partial charge >= 0.3 is 5.97 Å². The molecule has 1 aliphatic heterocycles. The lowest BCUT2D eigenvalue weighted by Crippen LogP contribution is -2.42. The lowest BCUT2D eigenvalue weighted by atomic mass is 10.1. The summed E-state index contributed by atoms with van der Waals surface area (Å²) in [5.41, 5.74) is 1.58. The maximum Gasteiger partial charge on any atom is 0.338 e. The van der Waals surface area contributed by atoms with Crippen LogP contribution in [0.2, 0.25) is 0 Å². The Balaban J connectivity index is 1.66. The van der Waals surface area contributed by atoms with E-state index in [1.165, 1.54) is 0 Å². The number of benzene rings is 3. The van der Waals surface area contributed by atoms with E-state index in [9.17, 15) is 14.4 Å². The van der Waals surface area contributed by atoms with Gasteiger partial charge in [-0.1, -0.05) is 30.3 Å². The predicted molar refractivity (Wildman–Crippen MR) is 119 cm³/mol. The van der Waals surface area contributed by atoms with Gasteiger partial charge in [0.1, 0.15) is 6.67 Å². The van der Waals surface area contributed by atoms with E-state index in [1.807, 2.05) is 36.4 Å². The lowest BCUT2D eigenvalue weighted by molar-refractivity contribution is -0.127. The Morgan fingerprint density at radius 1 is 0.968 bits per heavy atom. The fourth-order valence-electron chi connectivity index (χ4n) is 3.76. The van der Waals surface area contributed by atoms with Crippen LogP contribution >= 0.6 is 0 Å². The quantitative estimate of drug-likeness (QED) is 0.564. The van der Waals surface area contributed by atoms with Crippen LogP contribution in [-0.2, 0) is 9.53 Å². The first-order valence-corrected chi connectivity index (χ1v) is 10.4. The van der Waals surface area contributed by atoms with Gasteiger partial charge < -0.3 is 9.64 Å². The first-order valence-electron chi connectivity index (χ1n) is 10.4. The van der Waals surface area contributed by atoms with Crippen molar-refractivity contribution in [3.63, 3.8) is 0 Å². The minimum Gasteiger partial charge on any atom is -0.462 e. The molecule has 1 fully saturated rings. The van der Waals surface area contributed by atoms with E-state index in [0.717, 1.165) is 17.2 Å². The van der Waals surface area contributed by atoms with Crippen LogP contribution in [0.4, 0.5) is 5.69 Å². The van der Waals surface area contributed by atoms with Crippen molar-refractivity contribution in [3.8, 4) is 0 Å². The van der Waals surface area contributed by atoms with Gasteiger partial charge in [0.15, 0.2) is 0 Å². The second-order valence-corrected chi connectivity index (χ2v) is 7.46. The van der Waals surface area contributed by atoms with E-state index in [-0.39, 0.29) is 18.5 Å². The Kier molecular flexibility index (Phi) is 5.98. The number of amides is 2. The maximum absolute atomic E-state index is 13.5. The molecule has 0 aromatic heterocycles. The summed E-state index contributed by atoms with van der Waals surface area (Å²) >= 11 is 0. The Bertz CT molecular complexity index is 1120. The van der Waals surface area contributed by atoms with Crippen molar-refractivity contribution in [1.82, 2.24) is 4.90 Å². The molecule has 0 unspecified atom stereocenters. The van der Waals surface area contributed by atoms with E-state index in [2.05, 4.69) is 0 Å². The molecule has 0 atom stereocenters. The van der Waals surface area contributed by atoms with E-state index >= 15 is 0 Å². The molecule has 1 saturated heterocycles. The van der Waals surface area contributed by atoms with Gasteiger partial charge in [-0.3, -0.25) is 14.5 Å². The molecule has 0 N–H and O–H groups in total. The summed E-state index contributed by atoms with van der Waals surface area (Å²) in [7, 11) is 0. The second kappa shape index (κ2) is 9.00. The second-order valence-electron chi connectivity index (χ2n) is 7.46. The number of hydrogen-bond acceptors (Lipinski definition) is 4. The van der Waals surface area contributed by atoms with Crippen LogP contribution in [0.3, 0.4) is 0 Å². The zero-order valence-electron chi connectivity index (χ0n) is 17.4. The van der Waals surface area contributed by atoms with Crippen molar-refractivity contribution in [1.29, 1.82) is 0 Å². The number of fused-ring (bicyclic) bond motifs is 1. The summed E-state index contributed by atoms with van der Waals surface area (Å²) in [6.45, 7) is 2.85. The molecular formula is C25H24N2O4. The number of carbonyl (C=O) groups excluding carboxylic acids is 3. The lowest BCUT2D eigenvalue weighted by Gasteiger charge is -2.28.